The number of anilines is 1. The minimum absolute atomic E-state index is 0.135. The smallest absolute Gasteiger partial charge is 0.250 e. The third kappa shape index (κ3) is 4.88. The summed E-state index contributed by atoms with van der Waals surface area (Å²) in [5, 5.41) is 7.92. The number of thiophene rings is 1. The van der Waals surface area contributed by atoms with E-state index in [0.29, 0.717) is 12.2 Å². The molecule has 1 amide bonds. The highest BCUT2D eigenvalue weighted by molar-refractivity contribution is 7.91. The number of hydrogen-bond donors (Lipinski definition) is 2. The Morgan fingerprint density at radius 1 is 1.43 bits per heavy atom. The Balaban J connectivity index is 2.14. The Labute approximate surface area is 139 Å². The van der Waals surface area contributed by atoms with Crippen molar-refractivity contribution >= 4 is 33.1 Å². The summed E-state index contributed by atoms with van der Waals surface area (Å²) in [6.45, 7) is 5.54. The molecule has 0 saturated carbocycles. The van der Waals surface area contributed by atoms with Gasteiger partial charge < -0.3 is 9.84 Å². The molecule has 0 aliphatic rings. The van der Waals surface area contributed by atoms with Crippen LogP contribution in [0.3, 0.4) is 0 Å². The number of aromatic nitrogens is 1. The summed E-state index contributed by atoms with van der Waals surface area (Å²) in [6.07, 6.45) is 0.368. The van der Waals surface area contributed by atoms with E-state index < -0.39 is 22.0 Å². The fraction of sp³-hybridized carbons (Fsp3) is 0.429. The van der Waals surface area contributed by atoms with Crippen molar-refractivity contribution in [1.82, 2.24) is 9.88 Å². The molecule has 0 saturated heterocycles. The maximum Gasteiger partial charge on any atom is 0.250 e. The van der Waals surface area contributed by atoms with E-state index in [0.717, 1.165) is 11.3 Å². The number of aryl methyl sites for hydroxylation is 1. The predicted octanol–water partition coefficient (Wildman–Crippen LogP) is 2.38. The molecule has 2 heterocycles. The summed E-state index contributed by atoms with van der Waals surface area (Å²) in [6, 6.07) is 3.82. The van der Waals surface area contributed by atoms with Crippen LogP contribution in [0.4, 0.5) is 5.82 Å². The van der Waals surface area contributed by atoms with Crippen molar-refractivity contribution < 1.29 is 17.7 Å². The molecule has 0 aliphatic carbocycles. The summed E-state index contributed by atoms with van der Waals surface area (Å²) in [4.78, 5) is 12.4. The number of rotatable bonds is 7. The van der Waals surface area contributed by atoms with Crippen LogP contribution in [0.2, 0.25) is 0 Å². The van der Waals surface area contributed by atoms with E-state index in [4.69, 9.17) is 4.52 Å². The third-order valence-electron chi connectivity index (χ3n) is 2.96. The first kappa shape index (κ1) is 17.6. The first-order valence-corrected chi connectivity index (χ1v) is 9.44. The second-order valence-corrected chi connectivity index (χ2v) is 8.44. The molecular weight excluding hydrogens is 338 g/mol. The van der Waals surface area contributed by atoms with E-state index in [-0.39, 0.29) is 15.9 Å². The highest BCUT2D eigenvalue weighted by Gasteiger charge is 2.27. The zero-order chi connectivity index (χ0) is 17.0. The van der Waals surface area contributed by atoms with Crippen molar-refractivity contribution in [2.45, 2.75) is 37.4 Å². The van der Waals surface area contributed by atoms with Crippen LogP contribution in [-0.4, -0.2) is 25.5 Å². The van der Waals surface area contributed by atoms with Gasteiger partial charge in [0.15, 0.2) is 5.82 Å². The number of amides is 1. The van der Waals surface area contributed by atoms with E-state index in [1.54, 1.807) is 24.4 Å². The molecule has 2 aromatic rings. The van der Waals surface area contributed by atoms with Gasteiger partial charge in [0.25, 0.3) is 10.0 Å². The lowest BCUT2D eigenvalue weighted by Gasteiger charge is -2.19. The summed E-state index contributed by atoms with van der Waals surface area (Å²) >= 11 is 1.10. The maximum absolute atomic E-state index is 12.4. The second kappa shape index (κ2) is 7.24. The van der Waals surface area contributed by atoms with Gasteiger partial charge in [0, 0.05) is 6.07 Å². The summed E-state index contributed by atoms with van der Waals surface area (Å²) in [7, 11) is -3.73. The van der Waals surface area contributed by atoms with Crippen molar-refractivity contribution in [1.29, 1.82) is 0 Å². The van der Waals surface area contributed by atoms with Crippen molar-refractivity contribution in [3.05, 3.63) is 29.3 Å². The molecule has 7 nitrogen and oxygen atoms in total. The molecule has 23 heavy (non-hydrogen) atoms. The Bertz CT molecular complexity index is 751. The largest absolute Gasteiger partial charge is 0.360 e. The number of carbonyl (C=O) groups excluding carboxylic acids is 1. The highest BCUT2D eigenvalue weighted by atomic mass is 32.2. The van der Waals surface area contributed by atoms with E-state index in [1.807, 2.05) is 13.8 Å². The zero-order valence-electron chi connectivity index (χ0n) is 13.1. The molecule has 2 N–H and O–H groups in total. The Hall–Kier alpha value is -1.71. The SMILES string of the molecule is Cc1cc(NC(=O)[C@@H](CC(C)C)NS(=O)(=O)c2cccs2)no1. The lowest BCUT2D eigenvalue weighted by Crippen LogP contribution is -2.44. The fourth-order valence-electron chi connectivity index (χ4n) is 1.98. The third-order valence-corrected chi connectivity index (χ3v) is 5.83. The van der Waals surface area contributed by atoms with Crippen LogP contribution in [0.15, 0.2) is 32.3 Å². The minimum Gasteiger partial charge on any atom is -0.360 e. The second-order valence-electron chi connectivity index (χ2n) is 5.55. The van der Waals surface area contributed by atoms with Crippen LogP contribution < -0.4 is 10.0 Å². The minimum atomic E-state index is -3.73. The van der Waals surface area contributed by atoms with Crippen molar-refractivity contribution in [2.24, 2.45) is 5.92 Å². The van der Waals surface area contributed by atoms with Crippen molar-refractivity contribution in [3.8, 4) is 0 Å². The molecule has 0 fully saturated rings. The average Bonchev–Trinajstić information content (AvgIpc) is 3.09. The van der Waals surface area contributed by atoms with E-state index in [9.17, 15) is 13.2 Å². The van der Waals surface area contributed by atoms with Gasteiger partial charge in [0.2, 0.25) is 5.91 Å². The lowest BCUT2D eigenvalue weighted by atomic mass is 10.0. The molecule has 0 spiro atoms. The van der Waals surface area contributed by atoms with Crippen LogP contribution in [-0.2, 0) is 14.8 Å². The number of nitrogens with one attached hydrogen (secondary N) is 2. The van der Waals surface area contributed by atoms with Crippen LogP contribution in [0.25, 0.3) is 0 Å². The molecule has 0 aromatic carbocycles. The van der Waals surface area contributed by atoms with Crippen molar-refractivity contribution in [3.63, 3.8) is 0 Å². The van der Waals surface area contributed by atoms with Gasteiger partial charge in [-0.15, -0.1) is 11.3 Å². The molecule has 0 bridgehead atoms. The van der Waals surface area contributed by atoms with Gasteiger partial charge in [-0.3, -0.25) is 4.79 Å². The maximum atomic E-state index is 12.4. The van der Waals surface area contributed by atoms with Crippen LogP contribution in [0, 0.1) is 12.8 Å². The standard InChI is InChI=1S/C14H19N3O4S2/c1-9(2)7-11(14(18)15-12-8-10(3)21-16-12)17-23(19,20)13-5-4-6-22-13/h4-6,8-9,11,17H,7H2,1-3H3,(H,15,16,18)/t11-/m1/s1. The molecule has 2 aromatic heterocycles. The quantitative estimate of drug-likeness (QED) is 0.792. The van der Waals surface area contributed by atoms with Gasteiger partial charge >= 0.3 is 0 Å². The van der Waals surface area contributed by atoms with E-state index >= 15 is 0 Å². The molecule has 2 rings (SSSR count). The van der Waals surface area contributed by atoms with Gasteiger partial charge in [0.1, 0.15) is 16.0 Å². The van der Waals surface area contributed by atoms with Gasteiger partial charge in [-0.1, -0.05) is 25.1 Å². The topological polar surface area (TPSA) is 101 Å². The summed E-state index contributed by atoms with van der Waals surface area (Å²) in [5.74, 6) is 0.486. The predicted molar refractivity (Wildman–Crippen MR) is 87.8 cm³/mol. The highest BCUT2D eigenvalue weighted by Crippen LogP contribution is 2.18. The fourth-order valence-corrected chi connectivity index (χ4v) is 4.20. The van der Waals surface area contributed by atoms with Crippen LogP contribution in [0.5, 0.6) is 0 Å². The Kier molecular flexibility index (Phi) is 5.55. The normalized spacial score (nSPS) is 13.2. The van der Waals surface area contributed by atoms with Crippen molar-refractivity contribution in [2.75, 3.05) is 5.32 Å². The number of nitrogens with zero attached hydrogens (tertiary/aromatic N) is 1. The molecular formula is C14H19N3O4S2. The molecule has 126 valence electrons. The molecule has 9 heteroatoms. The zero-order valence-corrected chi connectivity index (χ0v) is 14.7. The lowest BCUT2D eigenvalue weighted by molar-refractivity contribution is -0.118. The first-order valence-electron chi connectivity index (χ1n) is 7.08. The molecule has 1 atom stereocenters. The molecule has 0 radical (unpaired) electrons. The Morgan fingerprint density at radius 2 is 2.17 bits per heavy atom. The number of carbonyl (C=O) groups is 1. The molecule has 0 unspecified atom stereocenters. The van der Waals surface area contributed by atoms with Gasteiger partial charge in [0.05, 0.1) is 0 Å². The number of hydrogen-bond acceptors (Lipinski definition) is 6. The van der Waals surface area contributed by atoms with Gasteiger partial charge in [-0.05, 0) is 30.7 Å². The summed E-state index contributed by atoms with van der Waals surface area (Å²) < 4.78 is 32.2. The Morgan fingerprint density at radius 3 is 2.70 bits per heavy atom. The van der Waals surface area contributed by atoms with E-state index in [2.05, 4.69) is 15.2 Å². The first-order chi connectivity index (χ1) is 10.8. The van der Waals surface area contributed by atoms with E-state index in [1.165, 1.54) is 6.07 Å². The van der Waals surface area contributed by atoms with Crippen LogP contribution in [0.1, 0.15) is 26.0 Å². The summed E-state index contributed by atoms with van der Waals surface area (Å²) in [5.41, 5.74) is 0. The molecule has 0 aliphatic heterocycles. The van der Waals surface area contributed by atoms with Gasteiger partial charge in [-0.2, -0.15) is 4.72 Å². The monoisotopic (exact) mass is 357 g/mol. The average molecular weight is 357 g/mol. The van der Waals surface area contributed by atoms with Crippen LogP contribution >= 0.6 is 11.3 Å². The number of sulfonamides is 1. The van der Waals surface area contributed by atoms with Gasteiger partial charge in [-0.25, -0.2) is 8.42 Å².